The zero-order chi connectivity index (χ0) is 28.3. The van der Waals surface area contributed by atoms with Crippen molar-refractivity contribution in [1.82, 2.24) is 5.32 Å². The van der Waals surface area contributed by atoms with Crippen LogP contribution in [0.4, 0.5) is 17.6 Å². The summed E-state index contributed by atoms with van der Waals surface area (Å²) in [6.45, 7) is 0.374. The number of phenolic OH excluding ortho intramolecular Hbond substituents is 1. The fourth-order valence-corrected chi connectivity index (χ4v) is 5.77. The number of carbonyl (C=O) groups is 1. The first-order valence-corrected chi connectivity index (χ1v) is 12.8. The molecule has 2 unspecified atom stereocenters. The first kappa shape index (κ1) is 28.6. The van der Waals surface area contributed by atoms with Gasteiger partial charge >= 0.3 is 6.18 Å². The summed E-state index contributed by atoms with van der Waals surface area (Å²) in [4.78, 5) is 12.8. The number of hydrogen-bond donors (Lipinski definition) is 3. The molecule has 3 rings (SSSR count). The molecule has 200 valence electrons. The number of alkyl halides is 3. The number of benzene rings is 3. The van der Waals surface area contributed by atoms with E-state index < -0.39 is 73.3 Å². The standard InChI is InChI=1S/C26H22F4N2O5S/c1-2-38(36,37)23(16-7-8-17(14-31)21(13-16)26(28,29)30)25(35,18-9-11-19(27)12-10-18)15-32-24(34)20-5-3-4-6-22(20)33/h3-13,23,33,35H,2,15H2,1H3,(H,32,34). The summed E-state index contributed by atoms with van der Waals surface area (Å²) < 4.78 is 81.5. The number of rotatable bonds is 8. The number of halogens is 4. The van der Waals surface area contributed by atoms with Crippen molar-refractivity contribution in [2.75, 3.05) is 12.3 Å². The van der Waals surface area contributed by atoms with Gasteiger partial charge in [-0.2, -0.15) is 18.4 Å². The molecular formula is C26H22F4N2O5S. The molecule has 3 aromatic carbocycles. The Hall–Kier alpha value is -3.95. The van der Waals surface area contributed by atoms with Crippen LogP contribution in [0.1, 0.15) is 44.8 Å². The second-order valence-electron chi connectivity index (χ2n) is 8.38. The van der Waals surface area contributed by atoms with Crippen molar-refractivity contribution in [3.8, 4) is 11.8 Å². The topological polar surface area (TPSA) is 127 Å². The van der Waals surface area contributed by atoms with Gasteiger partial charge in [-0.25, -0.2) is 12.8 Å². The lowest BCUT2D eigenvalue weighted by atomic mass is 9.85. The van der Waals surface area contributed by atoms with Gasteiger partial charge in [0.25, 0.3) is 5.91 Å². The molecule has 7 nitrogen and oxygen atoms in total. The summed E-state index contributed by atoms with van der Waals surface area (Å²) in [6.07, 6.45) is -5.02. The quantitative estimate of drug-likeness (QED) is 0.361. The highest BCUT2D eigenvalue weighted by atomic mass is 32.2. The number of sulfone groups is 1. The van der Waals surface area contributed by atoms with Crippen molar-refractivity contribution in [2.24, 2.45) is 0 Å². The SMILES string of the molecule is CCS(=O)(=O)C(c1ccc(C#N)c(C(F)(F)F)c1)C(O)(CNC(=O)c1ccccc1O)c1ccc(F)cc1. The molecule has 0 saturated heterocycles. The van der Waals surface area contributed by atoms with Gasteiger partial charge in [0.05, 0.1) is 29.3 Å². The zero-order valence-electron chi connectivity index (χ0n) is 19.8. The Morgan fingerprint density at radius 2 is 1.71 bits per heavy atom. The van der Waals surface area contributed by atoms with Gasteiger partial charge in [-0.15, -0.1) is 0 Å². The molecule has 0 fully saturated rings. The van der Waals surface area contributed by atoms with E-state index in [1.807, 2.05) is 0 Å². The Balaban J connectivity index is 2.23. The van der Waals surface area contributed by atoms with Crippen LogP contribution in [0.3, 0.4) is 0 Å². The van der Waals surface area contributed by atoms with Crippen molar-refractivity contribution < 1.29 is 41.0 Å². The second kappa shape index (κ2) is 10.8. The van der Waals surface area contributed by atoms with E-state index in [1.165, 1.54) is 37.3 Å². The van der Waals surface area contributed by atoms with Crippen LogP contribution in [0.15, 0.2) is 66.7 Å². The van der Waals surface area contributed by atoms with Gasteiger partial charge in [-0.05, 0) is 47.5 Å². The van der Waals surface area contributed by atoms with Crippen molar-refractivity contribution >= 4 is 15.7 Å². The maximum atomic E-state index is 13.7. The normalized spacial score (nSPS) is 14.2. The third-order valence-electron chi connectivity index (χ3n) is 5.98. The van der Waals surface area contributed by atoms with E-state index in [1.54, 1.807) is 0 Å². The molecule has 1 amide bonds. The van der Waals surface area contributed by atoms with Crippen LogP contribution in [0.5, 0.6) is 5.75 Å². The summed E-state index contributed by atoms with van der Waals surface area (Å²) in [5.74, 6) is -2.67. The molecule has 0 radical (unpaired) electrons. The van der Waals surface area contributed by atoms with Crippen molar-refractivity contribution in [2.45, 2.75) is 24.0 Å². The van der Waals surface area contributed by atoms with Crippen molar-refractivity contribution in [1.29, 1.82) is 5.26 Å². The van der Waals surface area contributed by atoms with Gasteiger partial charge in [-0.1, -0.05) is 37.3 Å². The van der Waals surface area contributed by atoms with E-state index in [9.17, 15) is 41.0 Å². The number of nitrogens with one attached hydrogen (secondary N) is 1. The van der Waals surface area contributed by atoms with E-state index in [4.69, 9.17) is 5.26 Å². The number of para-hydroxylation sites is 1. The minimum Gasteiger partial charge on any atom is -0.507 e. The van der Waals surface area contributed by atoms with Crippen LogP contribution in [0.2, 0.25) is 0 Å². The number of hydrogen-bond acceptors (Lipinski definition) is 6. The summed E-state index contributed by atoms with van der Waals surface area (Å²) >= 11 is 0. The van der Waals surface area contributed by atoms with Gasteiger partial charge in [0.2, 0.25) is 0 Å². The van der Waals surface area contributed by atoms with Crippen LogP contribution in [0.25, 0.3) is 0 Å². The fraction of sp³-hybridized carbons (Fsp3) is 0.231. The van der Waals surface area contributed by atoms with Crippen LogP contribution in [-0.4, -0.2) is 36.8 Å². The Kier molecular flexibility index (Phi) is 8.14. The second-order valence-corrected chi connectivity index (χ2v) is 10.8. The lowest BCUT2D eigenvalue weighted by Gasteiger charge is -2.37. The van der Waals surface area contributed by atoms with E-state index in [0.717, 1.165) is 36.4 Å². The number of aliphatic hydroxyl groups is 1. The monoisotopic (exact) mass is 550 g/mol. The Morgan fingerprint density at radius 3 is 2.26 bits per heavy atom. The number of phenols is 1. The van der Waals surface area contributed by atoms with Crippen LogP contribution >= 0.6 is 0 Å². The third-order valence-corrected chi connectivity index (χ3v) is 8.16. The summed E-state index contributed by atoms with van der Waals surface area (Å²) in [5, 5.41) is 31.3. The molecule has 0 saturated carbocycles. The maximum Gasteiger partial charge on any atom is 0.417 e. The minimum absolute atomic E-state index is 0.207. The Labute approximate surface area is 215 Å². The number of nitrogens with zero attached hydrogens (tertiary/aromatic N) is 1. The van der Waals surface area contributed by atoms with Gasteiger partial charge in [0.1, 0.15) is 22.4 Å². The minimum atomic E-state index is -5.02. The molecule has 0 bridgehead atoms. The first-order chi connectivity index (χ1) is 17.7. The molecule has 38 heavy (non-hydrogen) atoms. The molecule has 0 aromatic heterocycles. The van der Waals surface area contributed by atoms with E-state index in [-0.39, 0.29) is 11.1 Å². The predicted octanol–water partition coefficient (Wildman–Crippen LogP) is 4.22. The summed E-state index contributed by atoms with van der Waals surface area (Å²) in [6, 6.07) is 13.0. The average Bonchev–Trinajstić information content (AvgIpc) is 2.87. The summed E-state index contributed by atoms with van der Waals surface area (Å²) in [5.41, 5.74) is -5.69. The zero-order valence-corrected chi connectivity index (χ0v) is 20.6. The Bertz CT molecular complexity index is 1480. The van der Waals surface area contributed by atoms with Gasteiger partial charge in [-0.3, -0.25) is 4.79 Å². The van der Waals surface area contributed by atoms with E-state index in [0.29, 0.717) is 6.07 Å². The molecule has 3 aromatic rings. The largest absolute Gasteiger partial charge is 0.507 e. The molecule has 0 aliphatic rings. The third kappa shape index (κ3) is 5.79. The highest BCUT2D eigenvalue weighted by molar-refractivity contribution is 7.91. The number of aromatic hydroxyl groups is 1. The van der Waals surface area contributed by atoms with Crippen molar-refractivity contribution in [3.63, 3.8) is 0 Å². The van der Waals surface area contributed by atoms with Crippen LogP contribution in [0, 0.1) is 17.1 Å². The molecule has 0 spiro atoms. The molecule has 12 heteroatoms. The average molecular weight is 551 g/mol. The first-order valence-electron chi connectivity index (χ1n) is 11.1. The lowest BCUT2D eigenvalue weighted by molar-refractivity contribution is -0.137. The molecule has 0 aliphatic heterocycles. The van der Waals surface area contributed by atoms with Gasteiger partial charge in [0, 0.05) is 5.75 Å². The molecule has 2 atom stereocenters. The number of carbonyl (C=O) groups excluding carboxylic acids is 1. The molecular weight excluding hydrogens is 528 g/mol. The van der Waals surface area contributed by atoms with Crippen LogP contribution in [-0.2, 0) is 21.6 Å². The molecule has 3 N–H and O–H groups in total. The van der Waals surface area contributed by atoms with Gasteiger partial charge in [0.15, 0.2) is 9.84 Å². The molecule has 0 heterocycles. The highest BCUT2D eigenvalue weighted by Crippen LogP contribution is 2.43. The number of nitriles is 1. The summed E-state index contributed by atoms with van der Waals surface area (Å²) in [7, 11) is -4.43. The predicted molar refractivity (Wildman–Crippen MR) is 129 cm³/mol. The number of amides is 1. The molecule has 0 aliphatic carbocycles. The van der Waals surface area contributed by atoms with E-state index >= 15 is 0 Å². The highest BCUT2D eigenvalue weighted by Gasteiger charge is 2.48. The fourth-order valence-electron chi connectivity index (χ4n) is 4.06. The maximum absolute atomic E-state index is 13.7. The van der Waals surface area contributed by atoms with Crippen molar-refractivity contribution in [3.05, 3.63) is 100 Å². The van der Waals surface area contributed by atoms with Crippen LogP contribution < -0.4 is 5.32 Å². The smallest absolute Gasteiger partial charge is 0.417 e. The van der Waals surface area contributed by atoms with E-state index in [2.05, 4.69) is 5.32 Å². The lowest BCUT2D eigenvalue weighted by Crippen LogP contribution is -2.48. The Morgan fingerprint density at radius 1 is 1.08 bits per heavy atom. The van der Waals surface area contributed by atoms with Gasteiger partial charge < -0.3 is 15.5 Å².